The van der Waals surface area contributed by atoms with Gasteiger partial charge < -0.3 is 15.4 Å². The van der Waals surface area contributed by atoms with Crippen molar-refractivity contribution < 1.29 is 17.9 Å². The highest BCUT2D eigenvalue weighted by molar-refractivity contribution is 14.0. The summed E-state index contributed by atoms with van der Waals surface area (Å²) in [5.74, 6) is 1.05. The zero-order chi connectivity index (χ0) is 19.5. The van der Waals surface area contributed by atoms with Crippen LogP contribution in [0.3, 0.4) is 0 Å². The van der Waals surface area contributed by atoms with Crippen molar-refractivity contribution in [3.8, 4) is 5.75 Å². The first kappa shape index (κ1) is 24.0. The fraction of sp³-hybridized carbons (Fsp3) is 0.368. The third-order valence-electron chi connectivity index (χ3n) is 3.55. The number of rotatable bonds is 8. The Balaban J connectivity index is 0.00000392. The summed E-state index contributed by atoms with van der Waals surface area (Å²) in [6.07, 6.45) is -1.85. The average Bonchev–Trinajstić information content (AvgIpc) is 2.65. The van der Waals surface area contributed by atoms with Crippen LogP contribution < -0.4 is 15.4 Å². The number of halogens is 4. The van der Waals surface area contributed by atoms with Gasteiger partial charge in [-0.25, -0.2) is 0 Å². The van der Waals surface area contributed by atoms with Crippen molar-refractivity contribution in [2.75, 3.05) is 26.2 Å². The number of ether oxygens (including phenoxy) is 1. The van der Waals surface area contributed by atoms with Crippen molar-refractivity contribution >= 4 is 29.9 Å². The highest BCUT2D eigenvalue weighted by atomic mass is 127. The Morgan fingerprint density at radius 3 is 2.46 bits per heavy atom. The van der Waals surface area contributed by atoms with E-state index >= 15 is 0 Å². The van der Waals surface area contributed by atoms with Crippen molar-refractivity contribution in [2.24, 2.45) is 4.99 Å². The number of guanidine groups is 1. The van der Waals surface area contributed by atoms with Gasteiger partial charge in [0.05, 0.1) is 12.1 Å². The molecule has 154 valence electrons. The number of hydrogen-bond donors (Lipinski definition) is 2. The SMILES string of the molecule is CCNC(=NCCc1ccccn1)NCCOc1ccc(C(F)(F)F)cc1.I. The number of benzene rings is 1. The quantitative estimate of drug-likeness (QED) is 0.246. The van der Waals surface area contributed by atoms with E-state index in [1.165, 1.54) is 12.1 Å². The molecule has 0 saturated heterocycles. The lowest BCUT2D eigenvalue weighted by atomic mass is 10.2. The Morgan fingerprint density at radius 1 is 1.11 bits per heavy atom. The van der Waals surface area contributed by atoms with Crippen molar-refractivity contribution in [2.45, 2.75) is 19.5 Å². The molecular weight excluding hydrogens is 484 g/mol. The van der Waals surface area contributed by atoms with Crippen molar-refractivity contribution in [1.82, 2.24) is 15.6 Å². The molecule has 0 amide bonds. The topological polar surface area (TPSA) is 58.5 Å². The molecule has 0 saturated carbocycles. The van der Waals surface area contributed by atoms with Crippen molar-refractivity contribution in [3.05, 3.63) is 59.9 Å². The molecule has 0 spiro atoms. The minimum atomic E-state index is -4.34. The van der Waals surface area contributed by atoms with Gasteiger partial charge in [0, 0.05) is 31.4 Å². The van der Waals surface area contributed by atoms with Crippen LogP contribution in [0.2, 0.25) is 0 Å². The maximum absolute atomic E-state index is 12.5. The third kappa shape index (κ3) is 8.77. The number of hydrogen-bond acceptors (Lipinski definition) is 3. The number of aliphatic imine (C=N–C) groups is 1. The average molecular weight is 508 g/mol. The summed E-state index contributed by atoms with van der Waals surface area (Å²) in [5.41, 5.74) is 0.283. The Morgan fingerprint density at radius 2 is 1.86 bits per heavy atom. The lowest BCUT2D eigenvalue weighted by Gasteiger charge is -2.12. The molecule has 0 bridgehead atoms. The Bertz CT molecular complexity index is 709. The summed E-state index contributed by atoms with van der Waals surface area (Å²) in [7, 11) is 0. The molecule has 28 heavy (non-hydrogen) atoms. The van der Waals surface area contributed by atoms with Gasteiger partial charge in [-0.2, -0.15) is 13.2 Å². The predicted molar refractivity (Wildman–Crippen MR) is 114 cm³/mol. The van der Waals surface area contributed by atoms with Crippen LogP contribution in [0, 0.1) is 0 Å². The molecule has 0 aliphatic heterocycles. The van der Waals surface area contributed by atoms with Gasteiger partial charge in [-0.3, -0.25) is 9.98 Å². The molecule has 1 aromatic heterocycles. The van der Waals surface area contributed by atoms with E-state index in [0.717, 1.165) is 30.8 Å². The normalized spacial score (nSPS) is 11.5. The molecule has 2 aromatic rings. The van der Waals surface area contributed by atoms with Crippen molar-refractivity contribution in [3.63, 3.8) is 0 Å². The summed E-state index contributed by atoms with van der Waals surface area (Å²) in [6.45, 7) is 4.04. The highest BCUT2D eigenvalue weighted by Crippen LogP contribution is 2.30. The number of aromatic nitrogens is 1. The second-order valence-corrected chi connectivity index (χ2v) is 5.63. The molecule has 2 rings (SSSR count). The van der Waals surface area contributed by atoms with Crippen LogP contribution in [0.1, 0.15) is 18.2 Å². The third-order valence-corrected chi connectivity index (χ3v) is 3.55. The molecule has 0 fully saturated rings. The molecule has 0 aliphatic carbocycles. The second kappa shape index (κ2) is 12.4. The number of nitrogens with one attached hydrogen (secondary N) is 2. The van der Waals surface area contributed by atoms with Gasteiger partial charge in [0.1, 0.15) is 12.4 Å². The molecular formula is C19H24F3IN4O. The highest BCUT2D eigenvalue weighted by Gasteiger charge is 2.29. The van der Waals surface area contributed by atoms with E-state index in [1.54, 1.807) is 6.20 Å². The van der Waals surface area contributed by atoms with E-state index in [9.17, 15) is 13.2 Å². The largest absolute Gasteiger partial charge is 0.492 e. The van der Waals surface area contributed by atoms with E-state index < -0.39 is 11.7 Å². The minimum Gasteiger partial charge on any atom is -0.492 e. The lowest BCUT2D eigenvalue weighted by Crippen LogP contribution is -2.39. The van der Waals surface area contributed by atoms with Crippen LogP contribution in [-0.4, -0.2) is 37.2 Å². The molecule has 1 aromatic carbocycles. The number of nitrogens with zero attached hydrogens (tertiary/aromatic N) is 2. The Kier molecular flexibility index (Phi) is 10.6. The van der Waals surface area contributed by atoms with Gasteiger partial charge >= 0.3 is 6.18 Å². The van der Waals surface area contributed by atoms with Crippen molar-refractivity contribution in [1.29, 1.82) is 0 Å². The Labute approximate surface area is 179 Å². The molecule has 0 unspecified atom stereocenters. The Hall–Kier alpha value is -2.04. The van der Waals surface area contributed by atoms with Crippen LogP contribution in [0.15, 0.2) is 53.7 Å². The van der Waals surface area contributed by atoms with Crippen LogP contribution in [0.4, 0.5) is 13.2 Å². The monoisotopic (exact) mass is 508 g/mol. The fourth-order valence-corrected chi connectivity index (χ4v) is 2.25. The maximum Gasteiger partial charge on any atom is 0.416 e. The molecule has 1 heterocycles. The van der Waals surface area contributed by atoms with Gasteiger partial charge in [-0.1, -0.05) is 6.07 Å². The van der Waals surface area contributed by atoms with E-state index in [2.05, 4.69) is 20.6 Å². The molecule has 0 atom stereocenters. The summed E-state index contributed by atoms with van der Waals surface area (Å²) in [6, 6.07) is 10.4. The standard InChI is InChI=1S/C19H23F3N4O.HI/c1-2-23-18(25-12-10-16-5-3-4-11-24-16)26-13-14-27-17-8-6-15(7-9-17)19(20,21)22;/h3-9,11H,2,10,12-14H2,1H3,(H2,23,25,26);1H. The summed E-state index contributed by atoms with van der Waals surface area (Å²) in [4.78, 5) is 8.72. The van der Waals surface area contributed by atoms with Crippen LogP contribution >= 0.6 is 24.0 Å². The minimum absolute atomic E-state index is 0. The fourth-order valence-electron chi connectivity index (χ4n) is 2.25. The zero-order valence-corrected chi connectivity index (χ0v) is 17.8. The molecule has 0 radical (unpaired) electrons. The van der Waals surface area contributed by atoms with Gasteiger partial charge in [-0.05, 0) is 43.3 Å². The van der Waals surface area contributed by atoms with Crippen LogP contribution in [0.5, 0.6) is 5.75 Å². The molecule has 5 nitrogen and oxygen atoms in total. The maximum atomic E-state index is 12.5. The molecule has 2 N–H and O–H groups in total. The first-order chi connectivity index (χ1) is 13.0. The van der Waals surface area contributed by atoms with Gasteiger partial charge in [0.2, 0.25) is 0 Å². The van der Waals surface area contributed by atoms with Crippen LogP contribution in [0.25, 0.3) is 0 Å². The van der Waals surface area contributed by atoms with E-state index in [-0.39, 0.29) is 24.0 Å². The van der Waals surface area contributed by atoms with E-state index in [0.29, 0.717) is 31.4 Å². The van der Waals surface area contributed by atoms with Gasteiger partial charge in [-0.15, -0.1) is 24.0 Å². The molecule has 9 heteroatoms. The lowest BCUT2D eigenvalue weighted by molar-refractivity contribution is -0.137. The van der Waals surface area contributed by atoms with Gasteiger partial charge in [0.15, 0.2) is 5.96 Å². The smallest absolute Gasteiger partial charge is 0.416 e. The first-order valence-electron chi connectivity index (χ1n) is 8.71. The number of alkyl halides is 3. The van der Waals surface area contributed by atoms with Crippen LogP contribution in [-0.2, 0) is 12.6 Å². The summed E-state index contributed by atoms with van der Waals surface area (Å²) < 4.78 is 43.0. The van der Waals surface area contributed by atoms with E-state index in [1.807, 2.05) is 25.1 Å². The number of pyridine rings is 1. The molecule has 0 aliphatic rings. The summed E-state index contributed by atoms with van der Waals surface area (Å²) >= 11 is 0. The summed E-state index contributed by atoms with van der Waals surface area (Å²) in [5, 5.41) is 6.26. The first-order valence-corrected chi connectivity index (χ1v) is 8.71. The second-order valence-electron chi connectivity index (χ2n) is 5.63. The zero-order valence-electron chi connectivity index (χ0n) is 15.5. The van der Waals surface area contributed by atoms with Gasteiger partial charge in [0.25, 0.3) is 0 Å². The van der Waals surface area contributed by atoms with E-state index in [4.69, 9.17) is 4.74 Å². The predicted octanol–water partition coefficient (Wildman–Crippen LogP) is 3.90.